The van der Waals surface area contributed by atoms with Crippen molar-refractivity contribution >= 4 is 23.0 Å². The SMILES string of the molecule is Cc1[nH]c2ccccc2c1C=NN=C(N)c1ccc(O)cc1. The minimum atomic E-state index is 0.189. The van der Waals surface area contributed by atoms with Gasteiger partial charge >= 0.3 is 0 Å². The van der Waals surface area contributed by atoms with Crippen molar-refractivity contribution in [2.75, 3.05) is 0 Å². The van der Waals surface area contributed by atoms with Crippen LogP contribution in [0, 0.1) is 6.92 Å². The first-order chi connectivity index (χ1) is 10.6. The van der Waals surface area contributed by atoms with Gasteiger partial charge in [0.25, 0.3) is 0 Å². The highest BCUT2D eigenvalue weighted by molar-refractivity contribution is 6.01. The average molecular weight is 292 g/mol. The molecule has 2 aromatic carbocycles. The average Bonchev–Trinajstić information content (AvgIpc) is 2.84. The fraction of sp³-hybridized carbons (Fsp3) is 0.0588. The van der Waals surface area contributed by atoms with Gasteiger partial charge in [-0.1, -0.05) is 18.2 Å². The number of aromatic nitrogens is 1. The van der Waals surface area contributed by atoms with Crippen LogP contribution < -0.4 is 5.73 Å². The molecule has 0 spiro atoms. The van der Waals surface area contributed by atoms with Crippen molar-refractivity contribution in [2.24, 2.45) is 15.9 Å². The fourth-order valence-electron chi connectivity index (χ4n) is 2.30. The molecule has 0 saturated heterocycles. The van der Waals surface area contributed by atoms with Crippen molar-refractivity contribution in [1.29, 1.82) is 0 Å². The Labute approximate surface area is 127 Å². The number of aryl methyl sites for hydroxylation is 1. The second kappa shape index (κ2) is 5.73. The van der Waals surface area contributed by atoms with E-state index in [1.807, 2.05) is 31.2 Å². The Morgan fingerprint density at radius 2 is 1.86 bits per heavy atom. The zero-order valence-electron chi connectivity index (χ0n) is 12.1. The maximum absolute atomic E-state index is 9.26. The van der Waals surface area contributed by atoms with E-state index >= 15 is 0 Å². The number of hydrogen-bond acceptors (Lipinski definition) is 3. The second-order valence-corrected chi connectivity index (χ2v) is 4.99. The first kappa shape index (κ1) is 13.9. The van der Waals surface area contributed by atoms with E-state index < -0.39 is 0 Å². The van der Waals surface area contributed by atoms with E-state index in [-0.39, 0.29) is 5.75 Å². The van der Waals surface area contributed by atoms with Crippen LogP contribution >= 0.6 is 0 Å². The number of fused-ring (bicyclic) bond motifs is 1. The number of nitrogens with two attached hydrogens (primary N) is 1. The van der Waals surface area contributed by atoms with Gasteiger partial charge in [-0.05, 0) is 37.3 Å². The molecule has 0 aliphatic rings. The maximum atomic E-state index is 9.26. The molecule has 5 heteroatoms. The van der Waals surface area contributed by atoms with Gasteiger partial charge in [-0.25, -0.2) is 0 Å². The van der Waals surface area contributed by atoms with Gasteiger partial charge in [0.2, 0.25) is 0 Å². The number of para-hydroxylation sites is 1. The summed E-state index contributed by atoms with van der Waals surface area (Å²) in [7, 11) is 0. The lowest BCUT2D eigenvalue weighted by molar-refractivity contribution is 0.475. The number of rotatable bonds is 3. The molecule has 3 aromatic rings. The first-order valence-corrected chi connectivity index (χ1v) is 6.88. The summed E-state index contributed by atoms with van der Waals surface area (Å²) < 4.78 is 0. The molecule has 4 N–H and O–H groups in total. The van der Waals surface area contributed by atoms with Gasteiger partial charge in [0.1, 0.15) is 5.75 Å². The van der Waals surface area contributed by atoms with Crippen LogP contribution in [0.1, 0.15) is 16.8 Å². The highest BCUT2D eigenvalue weighted by atomic mass is 16.3. The van der Waals surface area contributed by atoms with Gasteiger partial charge in [-0.15, -0.1) is 5.10 Å². The van der Waals surface area contributed by atoms with Crippen molar-refractivity contribution in [3.05, 3.63) is 65.4 Å². The summed E-state index contributed by atoms with van der Waals surface area (Å²) in [4.78, 5) is 3.30. The van der Waals surface area contributed by atoms with E-state index in [2.05, 4.69) is 15.2 Å². The van der Waals surface area contributed by atoms with Gasteiger partial charge in [-0.3, -0.25) is 0 Å². The van der Waals surface area contributed by atoms with Crippen molar-refractivity contribution in [2.45, 2.75) is 6.92 Å². The molecule has 0 radical (unpaired) electrons. The Hall–Kier alpha value is -3.08. The third-order valence-corrected chi connectivity index (χ3v) is 3.46. The van der Waals surface area contributed by atoms with E-state index in [9.17, 15) is 5.11 Å². The van der Waals surface area contributed by atoms with Gasteiger partial charge in [0, 0.05) is 27.7 Å². The van der Waals surface area contributed by atoms with Crippen molar-refractivity contribution < 1.29 is 5.11 Å². The number of benzene rings is 2. The van der Waals surface area contributed by atoms with Gasteiger partial charge < -0.3 is 15.8 Å². The Balaban J connectivity index is 1.88. The number of nitrogens with one attached hydrogen (secondary N) is 1. The minimum Gasteiger partial charge on any atom is -0.508 e. The molecule has 0 atom stereocenters. The number of phenolic OH excluding ortho intramolecular Hbond substituents is 1. The Kier molecular flexibility index (Phi) is 3.62. The molecule has 3 rings (SSSR count). The number of phenols is 1. The third-order valence-electron chi connectivity index (χ3n) is 3.46. The first-order valence-electron chi connectivity index (χ1n) is 6.88. The van der Waals surface area contributed by atoms with Crippen molar-refractivity contribution in [3.63, 3.8) is 0 Å². The van der Waals surface area contributed by atoms with E-state index in [0.29, 0.717) is 11.4 Å². The molecule has 5 nitrogen and oxygen atoms in total. The predicted octanol–water partition coefficient (Wildman–Crippen LogP) is 2.92. The van der Waals surface area contributed by atoms with Crippen LogP contribution in [0.15, 0.2) is 58.7 Å². The summed E-state index contributed by atoms with van der Waals surface area (Å²) in [5.74, 6) is 0.489. The Morgan fingerprint density at radius 1 is 1.14 bits per heavy atom. The zero-order valence-corrected chi connectivity index (χ0v) is 12.1. The van der Waals surface area contributed by atoms with Crippen LogP contribution in [0.3, 0.4) is 0 Å². The molecule has 1 aromatic heterocycles. The summed E-state index contributed by atoms with van der Waals surface area (Å²) in [6.45, 7) is 1.99. The summed E-state index contributed by atoms with van der Waals surface area (Å²) in [5, 5.41) is 18.5. The van der Waals surface area contributed by atoms with E-state index in [1.165, 1.54) is 0 Å². The third kappa shape index (κ3) is 2.69. The second-order valence-electron chi connectivity index (χ2n) is 4.99. The molecule has 0 fully saturated rings. The lowest BCUT2D eigenvalue weighted by Gasteiger charge is -1.98. The van der Waals surface area contributed by atoms with Crippen LogP contribution in [-0.4, -0.2) is 22.1 Å². The molecule has 0 unspecified atom stereocenters. The van der Waals surface area contributed by atoms with E-state index in [0.717, 1.165) is 22.2 Å². The Morgan fingerprint density at radius 3 is 2.64 bits per heavy atom. The summed E-state index contributed by atoms with van der Waals surface area (Å²) in [6, 6.07) is 14.5. The maximum Gasteiger partial charge on any atom is 0.153 e. The van der Waals surface area contributed by atoms with Gasteiger partial charge in [0.05, 0.1) is 6.21 Å². The molecule has 0 aliphatic carbocycles. The molecule has 22 heavy (non-hydrogen) atoms. The minimum absolute atomic E-state index is 0.189. The predicted molar refractivity (Wildman–Crippen MR) is 89.5 cm³/mol. The fourth-order valence-corrected chi connectivity index (χ4v) is 2.30. The Bertz CT molecular complexity index is 860. The number of nitrogens with zero attached hydrogens (tertiary/aromatic N) is 2. The quantitative estimate of drug-likeness (QED) is 0.394. The number of amidine groups is 1. The lowest BCUT2D eigenvalue weighted by Crippen LogP contribution is -2.12. The van der Waals surface area contributed by atoms with Crippen molar-refractivity contribution in [3.8, 4) is 5.75 Å². The molecule has 0 bridgehead atoms. The molecule has 1 heterocycles. The number of H-pyrrole nitrogens is 1. The van der Waals surface area contributed by atoms with Crippen LogP contribution in [0.25, 0.3) is 10.9 Å². The van der Waals surface area contributed by atoms with Crippen LogP contribution in [-0.2, 0) is 0 Å². The standard InChI is InChI=1S/C17H16N4O/c1-11-15(14-4-2-3-5-16(14)20-11)10-19-21-17(18)12-6-8-13(22)9-7-12/h2-10,20,22H,1H3,(H2,18,21). The normalized spacial score (nSPS) is 12.3. The topological polar surface area (TPSA) is 86.8 Å². The van der Waals surface area contributed by atoms with E-state index in [4.69, 9.17) is 5.73 Å². The number of hydrogen-bond donors (Lipinski definition) is 3. The van der Waals surface area contributed by atoms with Crippen LogP contribution in [0.2, 0.25) is 0 Å². The smallest absolute Gasteiger partial charge is 0.153 e. The van der Waals surface area contributed by atoms with Crippen LogP contribution in [0.4, 0.5) is 0 Å². The molecule has 110 valence electrons. The molecule has 0 aliphatic heterocycles. The largest absolute Gasteiger partial charge is 0.508 e. The molecule has 0 amide bonds. The summed E-state index contributed by atoms with van der Waals surface area (Å²) in [5.41, 5.74) is 9.69. The zero-order chi connectivity index (χ0) is 15.5. The molecular formula is C17H16N4O. The number of aromatic hydroxyl groups is 1. The molecular weight excluding hydrogens is 276 g/mol. The monoisotopic (exact) mass is 292 g/mol. The number of aromatic amines is 1. The van der Waals surface area contributed by atoms with Crippen molar-refractivity contribution in [1.82, 2.24) is 4.98 Å². The lowest BCUT2D eigenvalue weighted by atomic mass is 10.1. The highest BCUT2D eigenvalue weighted by Gasteiger charge is 2.05. The summed E-state index contributed by atoms with van der Waals surface area (Å²) >= 11 is 0. The van der Waals surface area contributed by atoms with Crippen LogP contribution in [0.5, 0.6) is 5.75 Å². The van der Waals surface area contributed by atoms with Gasteiger partial charge in [-0.2, -0.15) is 5.10 Å². The summed E-state index contributed by atoms with van der Waals surface area (Å²) in [6.07, 6.45) is 1.70. The molecule has 0 saturated carbocycles. The van der Waals surface area contributed by atoms with E-state index in [1.54, 1.807) is 30.5 Å². The highest BCUT2D eigenvalue weighted by Crippen LogP contribution is 2.20. The van der Waals surface area contributed by atoms with Gasteiger partial charge in [0.15, 0.2) is 5.84 Å².